The van der Waals surface area contributed by atoms with Gasteiger partial charge < -0.3 is 15.4 Å². The fourth-order valence-electron chi connectivity index (χ4n) is 1.93. The zero-order chi connectivity index (χ0) is 18.1. The number of hydrogen-bond donors (Lipinski definition) is 2. The van der Waals surface area contributed by atoms with Crippen LogP contribution in [0.4, 0.5) is 0 Å². The van der Waals surface area contributed by atoms with E-state index in [0.717, 1.165) is 5.56 Å². The molecular formula is C17H17Cl2N3O2S. The van der Waals surface area contributed by atoms with Gasteiger partial charge in [0.1, 0.15) is 5.75 Å². The van der Waals surface area contributed by atoms with Crippen molar-refractivity contribution in [3.8, 4) is 5.75 Å². The summed E-state index contributed by atoms with van der Waals surface area (Å²) < 4.78 is 5.53. The number of thiocarbonyl (C=S) groups is 1. The lowest BCUT2D eigenvalue weighted by atomic mass is 10.3. The van der Waals surface area contributed by atoms with E-state index < -0.39 is 0 Å². The van der Waals surface area contributed by atoms with Crippen molar-refractivity contribution in [3.05, 3.63) is 58.3 Å². The molecule has 0 spiro atoms. The van der Waals surface area contributed by atoms with Crippen LogP contribution in [-0.2, 0) is 11.3 Å². The Hall–Kier alpha value is -1.89. The Bertz CT molecular complexity index is 729. The van der Waals surface area contributed by atoms with Gasteiger partial charge in [0, 0.05) is 30.4 Å². The minimum Gasteiger partial charge on any atom is -0.492 e. The zero-order valence-electron chi connectivity index (χ0n) is 13.3. The predicted octanol–water partition coefficient (Wildman–Crippen LogP) is 3.74. The largest absolute Gasteiger partial charge is 0.492 e. The van der Waals surface area contributed by atoms with Gasteiger partial charge in [-0.3, -0.25) is 9.78 Å². The summed E-state index contributed by atoms with van der Waals surface area (Å²) in [4.78, 5) is 15.8. The third-order valence-corrected chi connectivity index (χ3v) is 3.91. The molecule has 2 aromatic rings. The Morgan fingerprint density at radius 2 is 2.12 bits per heavy atom. The molecule has 2 rings (SSSR count). The van der Waals surface area contributed by atoms with Crippen molar-refractivity contribution >= 4 is 46.4 Å². The van der Waals surface area contributed by atoms with E-state index in [1.54, 1.807) is 30.6 Å². The van der Waals surface area contributed by atoms with Crippen molar-refractivity contribution in [1.82, 2.24) is 15.6 Å². The molecule has 1 aromatic heterocycles. The van der Waals surface area contributed by atoms with Crippen LogP contribution in [0.2, 0.25) is 10.0 Å². The standard InChI is InChI=1S/C17H17Cl2N3O2S/c18-13-5-6-15(14(19)9-13)24-8-2-4-16(23)22-17(25)21-11-12-3-1-7-20-10-12/h1,3,5-7,9-10H,2,4,8,11H2,(H2,21,22,23,25). The van der Waals surface area contributed by atoms with Crippen molar-refractivity contribution in [2.24, 2.45) is 0 Å². The number of carbonyl (C=O) groups is 1. The first kappa shape index (κ1) is 19.4. The lowest BCUT2D eigenvalue weighted by molar-refractivity contribution is -0.119. The van der Waals surface area contributed by atoms with Crippen LogP contribution in [-0.4, -0.2) is 22.6 Å². The SMILES string of the molecule is O=C(CCCOc1ccc(Cl)cc1Cl)NC(=S)NCc1cccnc1. The number of nitrogens with zero attached hydrogens (tertiary/aromatic N) is 1. The molecular weight excluding hydrogens is 381 g/mol. The Kier molecular flexibility index (Phi) is 7.91. The number of pyridine rings is 1. The van der Waals surface area contributed by atoms with Gasteiger partial charge in [0.2, 0.25) is 5.91 Å². The molecule has 2 N–H and O–H groups in total. The molecule has 0 radical (unpaired) electrons. The molecule has 5 nitrogen and oxygen atoms in total. The molecule has 0 atom stereocenters. The van der Waals surface area contributed by atoms with Gasteiger partial charge in [-0.05, 0) is 48.5 Å². The number of amides is 1. The number of aromatic nitrogens is 1. The highest BCUT2D eigenvalue weighted by atomic mass is 35.5. The number of rotatable bonds is 7. The fourth-order valence-corrected chi connectivity index (χ4v) is 2.57. The number of halogens is 2. The van der Waals surface area contributed by atoms with Gasteiger partial charge in [-0.1, -0.05) is 29.3 Å². The summed E-state index contributed by atoms with van der Waals surface area (Å²) >= 11 is 16.9. The average Bonchev–Trinajstić information content (AvgIpc) is 2.59. The van der Waals surface area contributed by atoms with Crippen LogP contribution in [0.5, 0.6) is 5.75 Å². The molecule has 1 heterocycles. The number of carbonyl (C=O) groups excluding carboxylic acids is 1. The van der Waals surface area contributed by atoms with Crippen LogP contribution in [0.15, 0.2) is 42.7 Å². The molecule has 0 fully saturated rings. The molecule has 1 amide bonds. The number of hydrogen-bond acceptors (Lipinski definition) is 4. The zero-order valence-corrected chi connectivity index (χ0v) is 15.6. The van der Waals surface area contributed by atoms with Gasteiger partial charge in [0.15, 0.2) is 5.11 Å². The monoisotopic (exact) mass is 397 g/mol. The van der Waals surface area contributed by atoms with Gasteiger partial charge in [0.05, 0.1) is 11.6 Å². The minimum atomic E-state index is -0.172. The smallest absolute Gasteiger partial charge is 0.226 e. The van der Waals surface area contributed by atoms with Gasteiger partial charge in [-0.25, -0.2) is 0 Å². The molecule has 1 aromatic carbocycles. The Labute approximate surface area is 161 Å². The first-order valence-corrected chi connectivity index (χ1v) is 8.75. The van der Waals surface area contributed by atoms with E-state index in [1.807, 2.05) is 12.1 Å². The summed E-state index contributed by atoms with van der Waals surface area (Å²) in [5.41, 5.74) is 0.979. The molecule has 25 heavy (non-hydrogen) atoms. The molecule has 0 aliphatic rings. The molecule has 0 aliphatic heterocycles. The van der Waals surface area contributed by atoms with Crippen molar-refractivity contribution in [1.29, 1.82) is 0 Å². The van der Waals surface area contributed by atoms with Crippen LogP contribution in [0, 0.1) is 0 Å². The molecule has 0 saturated heterocycles. The highest BCUT2D eigenvalue weighted by Gasteiger charge is 2.06. The quantitative estimate of drug-likeness (QED) is 0.550. The van der Waals surface area contributed by atoms with Crippen molar-refractivity contribution in [2.75, 3.05) is 6.61 Å². The van der Waals surface area contributed by atoms with Crippen molar-refractivity contribution in [3.63, 3.8) is 0 Å². The van der Waals surface area contributed by atoms with E-state index in [2.05, 4.69) is 15.6 Å². The van der Waals surface area contributed by atoms with E-state index in [-0.39, 0.29) is 11.0 Å². The maximum Gasteiger partial charge on any atom is 0.226 e. The minimum absolute atomic E-state index is 0.172. The van der Waals surface area contributed by atoms with Crippen molar-refractivity contribution < 1.29 is 9.53 Å². The van der Waals surface area contributed by atoms with Crippen LogP contribution < -0.4 is 15.4 Å². The van der Waals surface area contributed by atoms with Crippen LogP contribution in [0.3, 0.4) is 0 Å². The lowest BCUT2D eigenvalue weighted by Crippen LogP contribution is -2.38. The summed E-state index contributed by atoms with van der Waals surface area (Å²) in [6.07, 6.45) is 4.26. The first-order valence-electron chi connectivity index (χ1n) is 7.59. The first-order chi connectivity index (χ1) is 12.0. The highest BCUT2D eigenvalue weighted by molar-refractivity contribution is 7.80. The van der Waals surface area contributed by atoms with Crippen LogP contribution >= 0.6 is 35.4 Å². The normalized spacial score (nSPS) is 10.2. The maximum atomic E-state index is 11.8. The number of nitrogens with one attached hydrogen (secondary N) is 2. The molecule has 0 saturated carbocycles. The Morgan fingerprint density at radius 1 is 1.28 bits per heavy atom. The summed E-state index contributed by atoms with van der Waals surface area (Å²) in [7, 11) is 0. The maximum absolute atomic E-state index is 11.8. The van der Waals surface area contributed by atoms with E-state index in [1.165, 1.54) is 0 Å². The molecule has 0 bridgehead atoms. The second kappa shape index (κ2) is 10.2. The summed E-state index contributed by atoms with van der Waals surface area (Å²) in [6.45, 7) is 0.871. The Balaban J connectivity index is 1.62. The van der Waals surface area contributed by atoms with Crippen LogP contribution in [0.1, 0.15) is 18.4 Å². The summed E-state index contributed by atoms with van der Waals surface area (Å²) in [5.74, 6) is 0.370. The number of ether oxygens (including phenoxy) is 1. The van der Waals surface area contributed by atoms with Gasteiger partial charge >= 0.3 is 0 Å². The molecule has 132 valence electrons. The second-order valence-electron chi connectivity index (χ2n) is 5.12. The van der Waals surface area contributed by atoms with E-state index >= 15 is 0 Å². The third-order valence-electron chi connectivity index (χ3n) is 3.13. The second-order valence-corrected chi connectivity index (χ2v) is 6.37. The molecule has 8 heteroatoms. The molecule has 0 unspecified atom stereocenters. The van der Waals surface area contributed by atoms with Gasteiger partial charge in [0.25, 0.3) is 0 Å². The fraction of sp³-hybridized carbons (Fsp3) is 0.235. The van der Waals surface area contributed by atoms with Gasteiger partial charge in [-0.15, -0.1) is 0 Å². The van der Waals surface area contributed by atoms with E-state index in [0.29, 0.717) is 41.8 Å². The van der Waals surface area contributed by atoms with E-state index in [9.17, 15) is 4.79 Å². The predicted molar refractivity (Wildman–Crippen MR) is 103 cm³/mol. The van der Waals surface area contributed by atoms with Gasteiger partial charge in [-0.2, -0.15) is 0 Å². The summed E-state index contributed by atoms with van der Waals surface area (Å²) in [5, 5.41) is 6.86. The number of benzene rings is 1. The van der Waals surface area contributed by atoms with Crippen LogP contribution in [0.25, 0.3) is 0 Å². The highest BCUT2D eigenvalue weighted by Crippen LogP contribution is 2.27. The summed E-state index contributed by atoms with van der Waals surface area (Å²) in [6, 6.07) is 8.76. The average molecular weight is 398 g/mol. The van der Waals surface area contributed by atoms with E-state index in [4.69, 9.17) is 40.2 Å². The van der Waals surface area contributed by atoms with Crippen molar-refractivity contribution in [2.45, 2.75) is 19.4 Å². The lowest BCUT2D eigenvalue weighted by Gasteiger charge is -2.10. The molecule has 0 aliphatic carbocycles. The Morgan fingerprint density at radius 3 is 2.84 bits per heavy atom. The topological polar surface area (TPSA) is 63.2 Å². The third kappa shape index (κ3) is 7.25.